The number of fused-ring (bicyclic) bond motifs is 1. The van der Waals surface area contributed by atoms with Crippen LogP contribution < -0.4 is 9.47 Å². The minimum atomic E-state index is 0.329. The molecule has 2 heterocycles. The van der Waals surface area contributed by atoms with Gasteiger partial charge in [-0.3, -0.25) is 0 Å². The molecule has 0 N–H and O–H groups in total. The van der Waals surface area contributed by atoms with Gasteiger partial charge >= 0.3 is 0 Å². The van der Waals surface area contributed by atoms with E-state index in [2.05, 4.69) is 26.8 Å². The van der Waals surface area contributed by atoms with E-state index in [4.69, 9.17) is 9.47 Å². The Hall–Kier alpha value is -3.91. The Morgan fingerprint density at radius 2 is 1.46 bits per heavy atom. The van der Waals surface area contributed by atoms with Crippen molar-refractivity contribution in [2.45, 2.75) is 0 Å². The van der Waals surface area contributed by atoms with Gasteiger partial charge in [0.2, 0.25) is 5.88 Å². The molecule has 5 heteroatoms. The highest BCUT2D eigenvalue weighted by Gasteiger charge is 2.09. The summed E-state index contributed by atoms with van der Waals surface area (Å²) in [6.07, 6.45) is 1.68. The Labute approximate surface area is 163 Å². The number of nitrogens with zero attached hydrogens (tertiary/aromatic N) is 3. The number of pyridine rings is 1. The van der Waals surface area contributed by atoms with E-state index in [-0.39, 0.29) is 0 Å². The van der Waals surface area contributed by atoms with E-state index in [1.54, 1.807) is 6.20 Å². The second kappa shape index (κ2) is 8.65. The van der Waals surface area contributed by atoms with Crippen LogP contribution in [0.25, 0.3) is 11.2 Å². The maximum absolute atomic E-state index is 5.83. The predicted molar refractivity (Wildman–Crippen MR) is 107 cm³/mol. The van der Waals surface area contributed by atoms with Crippen LogP contribution in [0.2, 0.25) is 0 Å². The topological polar surface area (TPSA) is 57.1 Å². The van der Waals surface area contributed by atoms with Crippen molar-refractivity contribution in [3.63, 3.8) is 0 Å². The molecule has 0 aliphatic carbocycles. The Balaban J connectivity index is 1.54. The molecular weight excluding hydrogens is 350 g/mol. The first kappa shape index (κ1) is 17.5. The molecule has 0 saturated heterocycles. The normalized spacial score (nSPS) is 10.1. The molecule has 0 spiro atoms. The van der Waals surface area contributed by atoms with Gasteiger partial charge in [0.1, 0.15) is 24.5 Å². The summed E-state index contributed by atoms with van der Waals surface area (Å²) in [6.45, 7) is 0.720. The monoisotopic (exact) mass is 367 g/mol. The first-order chi connectivity index (χ1) is 13.9. The third-order valence-corrected chi connectivity index (χ3v) is 3.84. The Kier molecular flexibility index (Phi) is 5.41. The van der Waals surface area contributed by atoms with Gasteiger partial charge in [0.15, 0.2) is 11.3 Å². The second-order valence-corrected chi connectivity index (χ2v) is 5.85. The van der Waals surface area contributed by atoms with Crippen LogP contribution >= 0.6 is 0 Å². The van der Waals surface area contributed by atoms with Gasteiger partial charge in [-0.15, -0.1) is 0 Å². The van der Waals surface area contributed by atoms with Crippen LogP contribution in [0.4, 0.5) is 0 Å². The highest BCUT2D eigenvalue weighted by molar-refractivity contribution is 5.71. The number of para-hydroxylation sites is 1. The molecule has 2 aromatic heterocycles. The molecule has 136 valence electrons. The van der Waals surface area contributed by atoms with Crippen molar-refractivity contribution in [3.8, 4) is 23.5 Å². The number of benzene rings is 2. The van der Waals surface area contributed by atoms with Crippen molar-refractivity contribution in [2.24, 2.45) is 0 Å². The fourth-order valence-corrected chi connectivity index (χ4v) is 2.53. The number of rotatable bonds is 5. The van der Waals surface area contributed by atoms with Gasteiger partial charge in [-0.05, 0) is 42.3 Å². The average Bonchev–Trinajstić information content (AvgIpc) is 2.76. The van der Waals surface area contributed by atoms with E-state index in [1.807, 2.05) is 72.8 Å². The lowest BCUT2D eigenvalue weighted by Gasteiger charge is -2.09. The predicted octanol–water partition coefficient (Wildman–Crippen LogP) is 3.88. The third-order valence-electron chi connectivity index (χ3n) is 3.84. The van der Waals surface area contributed by atoms with Crippen LogP contribution in [0.3, 0.4) is 0 Å². The lowest BCUT2D eigenvalue weighted by atomic mass is 10.2. The molecule has 0 radical (unpaired) electrons. The van der Waals surface area contributed by atoms with Gasteiger partial charge in [-0.1, -0.05) is 42.3 Å². The van der Waals surface area contributed by atoms with Crippen molar-refractivity contribution >= 4 is 11.2 Å². The molecule has 0 atom stereocenters. The summed E-state index contributed by atoms with van der Waals surface area (Å²) in [5, 5.41) is 0. The fourth-order valence-electron chi connectivity index (χ4n) is 2.53. The van der Waals surface area contributed by atoms with Crippen molar-refractivity contribution in [2.75, 3.05) is 13.2 Å². The van der Waals surface area contributed by atoms with Gasteiger partial charge in [-0.2, -0.15) is 0 Å². The van der Waals surface area contributed by atoms with E-state index in [1.165, 1.54) is 0 Å². The molecule has 0 unspecified atom stereocenters. The van der Waals surface area contributed by atoms with Gasteiger partial charge in [0.05, 0.1) is 0 Å². The number of hydrogen-bond acceptors (Lipinski definition) is 5. The van der Waals surface area contributed by atoms with Crippen molar-refractivity contribution in [1.29, 1.82) is 0 Å². The molecule has 4 aromatic rings. The molecule has 0 saturated carbocycles. The molecule has 0 aliphatic heterocycles. The zero-order valence-corrected chi connectivity index (χ0v) is 15.1. The summed E-state index contributed by atoms with van der Waals surface area (Å²) in [6, 6.07) is 23.0. The molecule has 0 bridgehead atoms. The molecular formula is C23H17N3O2. The van der Waals surface area contributed by atoms with Crippen LogP contribution in [-0.2, 0) is 0 Å². The fraction of sp³-hybridized carbons (Fsp3) is 0.0870. The van der Waals surface area contributed by atoms with Crippen LogP contribution in [0.1, 0.15) is 11.3 Å². The molecule has 5 nitrogen and oxygen atoms in total. The highest BCUT2D eigenvalue weighted by atomic mass is 16.5. The molecule has 0 amide bonds. The zero-order valence-electron chi connectivity index (χ0n) is 15.1. The summed E-state index contributed by atoms with van der Waals surface area (Å²) in [7, 11) is 0. The molecule has 4 rings (SSSR count). The van der Waals surface area contributed by atoms with Crippen LogP contribution in [0.5, 0.6) is 11.6 Å². The van der Waals surface area contributed by atoms with E-state index in [9.17, 15) is 0 Å². The lowest BCUT2D eigenvalue weighted by molar-refractivity contribution is 0.211. The zero-order chi connectivity index (χ0) is 19.0. The Morgan fingerprint density at radius 3 is 2.29 bits per heavy atom. The summed E-state index contributed by atoms with van der Waals surface area (Å²) in [5.74, 6) is 7.31. The summed E-state index contributed by atoms with van der Waals surface area (Å²) in [5.41, 5.74) is 2.54. The lowest BCUT2D eigenvalue weighted by Crippen LogP contribution is -2.11. The second-order valence-electron chi connectivity index (χ2n) is 5.85. The first-order valence-electron chi connectivity index (χ1n) is 8.89. The molecule has 0 fully saturated rings. The highest BCUT2D eigenvalue weighted by Crippen LogP contribution is 2.17. The van der Waals surface area contributed by atoms with Crippen LogP contribution in [0.15, 0.2) is 79.0 Å². The van der Waals surface area contributed by atoms with Gasteiger partial charge in [0, 0.05) is 11.8 Å². The first-order valence-corrected chi connectivity index (χ1v) is 8.89. The standard InChI is InChI=1S/C23H17N3O2/c1-3-8-18(9-4-1)13-14-21-23(26-20-12-7-15-24-22(20)25-21)28-17-16-27-19-10-5-2-6-11-19/h1-12,15H,16-17H2. The number of ether oxygens (including phenoxy) is 2. The van der Waals surface area contributed by atoms with E-state index in [0.717, 1.165) is 11.3 Å². The van der Waals surface area contributed by atoms with Crippen molar-refractivity contribution < 1.29 is 9.47 Å². The van der Waals surface area contributed by atoms with Gasteiger partial charge < -0.3 is 9.47 Å². The smallest absolute Gasteiger partial charge is 0.249 e. The largest absolute Gasteiger partial charge is 0.490 e. The maximum atomic E-state index is 5.83. The third kappa shape index (κ3) is 4.43. The van der Waals surface area contributed by atoms with E-state index in [0.29, 0.717) is 36.0 Å². The number of hydrogen-bond donors (Lipinski definition) is 0. The minimum Gasteiger partial charge on any atom is -0.490 e. The van der Waals surface area contributed by atoms with E-state index >= 15 is 0 Å². The minimum absolute atomic E-state index is 0.329. The van der Waals surface area contributed by atoms with Crippen LogP contribution in [0, 0.1) is 11.8 Å². The van der Waals surface area contributed by atoms with E-state index < -0.39 is 0 Å². The Morgan fingerprint density at radius 1 is 0.714 bits per heavy atom. The van der Waals surface area contributed by atoms with Crippen molar-refractivity contribution in [3.05, 3.63) is 90.3 Å². The molecule has 0 aliphatic rings. The van der Waals surface area contributed by atoms with Gasteiger partial charge in [0.25, 0.3) is 0 Å². The van der Waals surface area contributed by atoms with Crippen LogP contribution in [-0.4, -0.2) is 28.2 Å². The maximum Gasteiger partial charge on any atom is 0.249 e. The molecule has 28 heavy (non-hydrogen) atoms. The summed E-state index contributed by atoms with van der Waals surface area (Å²) in [4.78, 5) is 13.3. The van der Waals surface area contributed by atoms with Crippen molar-refractivity contribution in [1.82, 2.24) is 15.0 Å². The quantitative estimate of drug-likeness (QED) is 0.396. The SMILES string of the molecule is C(#Cc1nc2ncccc2nc1OCCOc1ccccc1)c1ccccc1. The van der Waals surface area contributed by atoms with Gasteiger partial charge in [-0.25, -0.2) is 15.0 Å². The number of aromatic nitrogens is 3. The Bertz CT molecular complexity index is 1120. The molecule has 2 aromatic carbocycles. The average molecular weight is 367 g/mol. The summed E-state index contributed by atoms with van der Waals surface area (Å²) < 4.78 is 11.5. The summed E-state index contributed by atoms with van der Waals surface area (Å²) >= 11 is 0.